The van der Waals surface area contributed by atoms with E-state index in [4.69, 9.17) is 4.74 Å². The normalized spacial score (nSPS) is 13.9. The number of nitrogens with zero attached hydrogens (tertiary/aromatic N) is 2. The maximum absolute atomic E-state index is 13.5. The summed E-state index contributed by atoms with van der Waals surface area (Å²) in [5, 5.41) is 4.59. The van der Waals surface area contributed by atoms with Gasteiger partial charge in [-0.1, -0.05) is 12.1 Å². The molecule has 0 unspecified atom stereocenters. The van der Waals surface area contributed by atoms with Crippen molar-refractivity contribution in [2.75, 3.05) is 27.2 Å². The lowest BCUT2D eigenvalue weighted by molar-refractivity contribution is 0.0917. The molecule has 3 aromatic rings. The average molecular weight is 434 g/mol. The molecule has 0 spiro atoms. The zero-order valence-corrected chi connectivity index (χ0v) is 19.3. The van der Waals surface area contributed by atoms with Gasteiger partial charge in [-0.25, -0.2) is 0 Å². The van der Waals surface area contributed by atoms with E-state index in [9.17, 15) is 9.59 Å². The molecule has 1 aliphatic rings. The van der Waals surface area contributed by atoms with Gasteiger partial charge < -0.3 is 15.0 Å². The van der Waals surface area contributed by atoms with E-state index in [1.165, 1.54) is 0 Å². The van der Waals surface area contributed by atoms with Crippen LogP contribution in [0.5, 0.6) is 5.75 Å². The Morgan fingerprint density at radius 1 is 1.09 bits per heavy atom. The van der Waals surface area contributed by atoms with E-state index in [0.29, 0.717) is 23.3 Å². The predicted octanol–water partition coefficient (Wildman–Crippen LogP) is 3.83. The maximum Gasteiger partial charge on any atom is 0.263 e. The number of fused-ring (bicyclic) bond motifs is 1. The molecule has 0 aliphatic heterocycles. The molecule has 0 atom stereocenters. The molecular weight excluding hydrogens is 402 g/mol. The van der Waals surface area contributed by atoms with Crippen LogP contribution in [0.2, 0.25) is 0 Å². The Labute approximate surface area is 188 Å². The van der Waals surface area contributed by atoms with Gasteiger partial charge in [-0.3, -0.25) is 14.2 Å². The first-order chi connectivity index (χ1) is 15.3. The van der Waals surface area contributed by atoms with Crippen LogP contribution in [0.25, 0.3) is 16.5 Å². The van der Waals surface area contributed by atoms with E-state index in [0.717, 1.165) is 48.0 Å². The minimum absolute atomic E-state index is 0.0851. The minimum Gasteiger partial charge on any atom is -0.492 e. The highest BCUT2D eigenvalue weighted by Crippen LogP contribution is 2.24. The maximum atomic E-state index is 13.5. The van der Waals surface area contributed by atoms with Gasteiger partial charge in [-0.15, -0.1) is 0 Å². The van der Waals surface area contributed by atoms with Gasteiger partial charge >= 0.3 is 0 Å². The highest BCUT2D eigenvalue weighted by molar-refractivity contribution is 5.95. The van der Waals surface area contributed by atoms with Crippen molar-refractivity contribution in [2.45, 2.75) is 39.2 Å². The number of likely N-dealkylation sites (N-methyl/N-ethyl adjacent to an activating group) is 1. The molecular formula is C26H31N3O3. The van der Waals surface area contributed by atoms with Crippen LogP contribution in [0.4, 0.5) is 0 Å². The van der Waals surface area contributed by atoms with Crippen molar-refractivity contribution < 1.29 is 9.53 Å². The lowest BCUT2D eigenvalue weighted by Crippen LogP contribution is -2.39. The first kappa shape index (κ1) is 22.1. The zero-order valence-electron chi connectivity index (χ0n) is 19.3. The molecule has 6 heteroatoms. The number of carbonyl (C=O) groups excluding carboxylic acids is 1. The molecule has 1 amide bonds. The molecule has 0 radical (unpaired) electrons. The fraction of sp³-hybridized carbons (Fsp3) is 0.385. The molecule has 32 heavy (non-hydrogen) atoms. The summed E-state index contributed by atoms with van der Waals surface area (Å²) in [7, 11) is 3.99. The van der Waals surface area contributed by atoms with Gasteiger partial charge in [-0.05, 0) is 88.0 Å². The lowest BCUT2D eigenvalue weighted by atomic mass is 9.93. The quantitative estimate of drug-likeness (QED) is 0.615. The van der Waals surface area contributed by atoms with Crippen molar-refractivity contribution in [3.63, 3.8) is 0 Å². The molecule has 1 aromatic heterocycles. The van der Waals surface area contributed by atoms with Crippen LogP contribution < -0.4 is 15.6 Å². The summed E-state index contributed by atoms with van der Waals surface area (Å²) in [6.45, 7) is 5.30. The van der Waals surface area contributed by atoms with E-state index in [2.05, 4.69) is 10.2 Å². The van der Waals surface area contributed by atoms with Crippen LogP contribution in [0.1, 0.15) is 40.7 Å². The van der Waals surface area contributed by atoms with Crippen LogP contribution in [-0.2, 0) is 0 Å². The summed E-state index contributed by atoms with van der Waals surface area (Å²) in [6.07, 6.45) is 5.09. The van der Waals surface area contributed by atoms with Crippen molar-refractivity contribution in [2.24, 2.45) is 0 Å². The second kappa shape index (κ2) is 9.17. The van der Waals surface area contributed by atoms with Gasteiger partial charge in [0, 0.05) is 24.3 Å². The summed E-state index contributed by atoms with van der Waals surface area (Å²) in [5.41, 5.74) is 3.10. The van der Waals surface area contributed by atoms with Crippen molar-refractivity contribution in [3.8, 4) is 11.4 Å². The Morgan fingerprint density at radius 3 is 2.56 bits per heavy atom. The molecule has 0 bridgehead atoms. The topological polar surface area (TPSA) is 63.6 Å². The van der Waals surface area contributed by atoms with Crippen molar-refractivity contribution in [1.82, 2.24) is 14.8 Å². The number of pyridine rings is 1. The fourth-order valence-corrected chi connectivity index (χ4v) is 3.94. The van der Waals surface area contributed by atoms with E-state index in [1.54, 1.807) is 4.57 Å². The fourth-order valence-electron chi connectivity index (χ4n) is 3.94. The van der Waals surface area contributed by atoms with Gasteiger partial charge in [0.2, 0.25) is 0 Å². The molecule has 4 rings (SSSR count). The number of ether oxygens (including phenoxy) is 1. The smallest absolute Gasteiger partial charge is 0.263 e. The number of aryl methyl sites for hydroxylation is 2. The van der Waals surface area contributed by atoms with Crippen molar-refractivity contribution in [1.29, 1.82) is 0 Å². The van der Waals surface area contributed by atoms with Crippen molar-refractivity contribution in [3.05, 3.63) is 69.6 Å². The third-order valence-electron chi connectivity index (χ3n) is 6.17. The SMILES string of the molecule is Cc1ccc(C(=O)NC2CCC2)cc1-n1cc(C)c2ccc(OCCN(C)C)cc2c1=O. The van der Waals surface area contributed by atoms with Gasteiger partial charge in [0.05, 0.1) is 11.1 Å². The van der Waals surface area contributed by atoms with Gasteiger partial charge in [0.15, 0.2) is 0 Å². The van der Waals surface area contributed by atoms with Crippen LogP contribution in [-0.4, -0.2) is 48.7 Å². The molecule has 6 nitrogen and oxygen atoms in total. The standard InChI is InChI=1S/C26H31N3O3/c1-17-8-9-19(25(30)27-20-6-5-7-20)14-24(17)29-16-18(2)22-11-10-21(15-23(22)26(29)31)32-13-12-28(3)4/h8-11,14-16,20H,5-7,12-13H2,1-4H3,(H,27,30). The Hall–Kier alpha value is -3.12. The Morgan fingerprint density at radius 2 is 1.88 bits per heavy atom. The molecule has 0 saturated heterocycles. The second-order valence-corrected chi connectivity index (χ2v) is 8.95. The van der Waals surface area contributed by atoms with E-state index in [-0.39, 0.29) is 17.5 Å². The third-order valence-corrected chi connectivity index (χ3v) is 6.17. The van der Waals surface area contributed by atoms with Crippen LogP contribution in [0.15, 0.2) is 47.4 Å². The summed E-state index contributed by atoms with van der Waals surface area (Å²) in [4.78, 5) is 28.2. The van der Waals surface area contributed by atoms with E-state index < -0.39 is 0 Å². The third kappa shape index (κ3) is 4.55. The first-order valence-electron chi connectivity index (χ1n) is 11.2. The Kier molecular flexibility index (Phi) is 6.33. The van der Waals surface area contributed by atoms with Gasteiger partial charge in [0.1, 0.15) is 12.4 Å². The number of hydrogen-bond acceptors (Lipinski definition) is 4. The molecule has 1 aliphatic carbocycles. The number of benzene rings is 2. The van der Waals surface area contributed by atoms with Crippen LogP contribution in [0.3, 0.4) is 0 Å². The number of nitrogens with one attached hydrogen (secondary N) is 1. The summed E-state index contributed by atoms with van der Waals surface area (Å²) in [6, 6.07) is 11.5. The number of rotatable bonds is 7. The Bertz CT molecular complexity index is 1210. The summed E-state index contributed by atoms with van der Waals surface area (Å²) < 4.78 is 7.50. The summed E-state index contributed by atoms with van der Waals surface area (Å²) >= 11 is 0. The number of carbonyl (C=O) groups is 1. The van der Waals surface area contributed by atoms with Crippen LogP contribution in [0, 0.1) is 13.8 Å². The molecule has 1 saturated carbocycles. The van der Waals surface area contributed by atoms with E-state index >= 15 is 0 Å². The monoisotopic (exact) mass is 433 g/mol. The van der Waals surface area contributed by atoms with Gasteiger partial charge in [0.25, 0.3) is 11.5 Å². The first-order valence-corrected chi connectivity index (χ1v) is 11.2. The number of amides is 1. The van der Waals surface area contributed by atoms with Crippen LogP contribution >= 0.6 is 0 Å². The Balaban J connectivity index is 1.71. The zero-order chi connectivity index (χ0) is 22.8. The second-order valence-electron chi connectivity index (χ2n) is 8.95. The lowest BCUT2D eigenvalue weighted by Gasteiger charge is -2.26. The molecule has 1 heterocycles. The molecule has 2 aromatic carbocycles. The molecule has 1 N–H and O–H groups in total. The largest absolute Gasteiger partial charge is 0.492 e. The van der Waals surface area contributed by atoms with Gasteiger partial charge in [-0.2, -0.15) is 0 Å². The molecule has 1 fully saturated rings. The summed E-state index contributed by atoms with van der Waals surface area (Å²) in [5.74, 6) is 0.594. The van der Waals surface area contributed by atoms with E-state index in [1.807, 2.05) is 70.5 Å². The highest BCUT2D eigenvalue weighted by Gasteiger charge is 2.21. The minimum atomic E-state index is -0.122. The number of hydrogen-bond donors (Lipinski definition) is 1. The van der Waals surface area contributed by atoms with Crippen molar-refractivity contribution >= 4 is 16.7 Å². The number of aromatic nitrogens is 1. The highest BCUT2D eigenvalue weighted by atomic mass is 16.5. The predicted molar refractivity (Wildman–Crippen MR) is 128 cm³/mol. The molecule has 168 valence electrons. The average Bonchev–Trinajstić information content (AvgIpc) is 2.73.